The first kappa shape index (κ1) is 51.6. The van der Waals surface area contributed by atoms with E-state index in [1.165, 1.54) is 0 Å². The summed E-state index contributed by atoms with van der Waals surface area (Å²) in [6, 6.07) is 25.0. The van der Waals surface area contributed by atoms with Crippen LogP contribution in [0.2, 0.25) is 0 Å². The third-order valence-corrected chi connectivity index (χ3v) is 11.4. The fourth-order valence-electron chi connectivity index (χ4n) is 8.20. The number of carbonyl (C=O) groups excluding carboxylic acids is 5. The Hall–Kier alpha value is -6.35. The van der Waals surface area contributed by atoms with Crippen LogP contribution in [0, 0.1) is 17.8 Å². The van der Waals surface area contributed by atoms with Gasteiger partial charge in [0.2, 0.25) is 17.7 Å². The maximum atomic E-state index is 14.7. The van der Waals surface area contributed by atoms with Gasteiger partial charge in [-0.3, -0.25) is 24.4 Å². The summed E-state index contributed by atoms with van der Waals surface area (Å²) in [6.45, 7) is 18.9. The SMILES string of the molecule is Cc1cccc(CN2CCN([C@H](C(=O)N[C@@H](Cc3ccccc3)[C@@H](O)C[C@H](Cc3ccc(-c4ccccn4)cc3)NC(=O)[C@@H](NC(=O)CNC(=O)OC(C)(C)C)C(C)(C)C)C(C)(C)C)C2=O)n1. The zero-order valence-corrected chi connectivity index (χ0v) is 40.8. The Morgan fingerprint density at radius 2 is 1.42 bits per heavy atom. The molecular formula is C52H70N8O7. The van der Waals surface area contributed by atoms with E-state index in [1.54, 1.807) is 36.8 Å². The van der Waals surface area contributed by atoms with E-state index >= 15 is 0 Å². The summed E-state index contributed by atoms with van der Waals surface area (Å²) in [5, 5.41) is 23.9. The molecule has 360 valence electrons. The molecule has 1 fully saturated rings. The van der Waals surface area contributed by atoms with Gasteiger partial charge in [0, 0.05) is 36.6 Å². The van der Waals surface area contributed by atoms with Gasteiger partial charge in [-0.15, -0.1) is 0 Å². The number of amides is 6. The van der Waals surface area contributed by atoms with E-state index in [4.69, 9.17) is 4.74 Å². The lowest BCUT2D eigenvalue weighted by atomic mass is 9.84. The third-order valence-electron chi connectivity index (χ3n) is 11.4. The number of ether oxygens (including phenoxy) is 1. The second-order valence-corrected chi connectivity index (χ2v) is 20.6. The monoisotopic (exact) mass is 919 g/mol. The molecule has 0 bridgehead atoms. The van der Waals surface area contributed by atoms with Crippen molar-refractivity contribution in [3.63, 3.8) is 0 Å². The molecule has 0 aliphatic carbocycles. The van der Waals surface area contributed by atoms with Crippen LogP contribution in [-0.4, -0.2) is 110 Å². The van der Waals surface area contributed by atoms with Crippen LogP contribution in [0.15, 0.2) is 97.2 Å². The quantitative estimate of drug-likeness (QED) is 0.0755. The highest BCUT2D eigenvalue weighted by Crippen LogP contribution is 2.29. The van der Waals surface area contributed by atoms with Crippen molar-refractivity contribution in [3.8, 4) is 11.3 Å². The van der Waals surface area contributed by atoms with Crippen molar-refractivity contribution in [2.75, 3.05) is 19.6 Å². The highest BCUT2D eigenvalue weighted by atomic mass is 16.6. The lowest BCUT2D eigenvalue weighted by Gasteiger charge is -2.38. The van der Waals surface area contributed by atoms with Gasteiger partial charge in [-0.25, -0.2) is 9.59 Å². The average molecular weight is 919 g/mol. The molecule has 2 aromatic heterocycles. The number of aromatic nitrogens is 2. The van der Waals surface area contributed by atoms with Crippen molar-refractivity contribution in [1.29, 1.82) is 0 Å². The summed E-state index contributed by atoms with van der Waals surface area (Å²) < 4.78 is 5.27. The predicted octanol–water partition coefficient (Wildman–Crippen LogP) is 6.37. The number of aliphatic hydroxyl groups is 1. The lowest BCUT2D eigenvalue weighted by Crippen LogP contribution is -2.59. The smallest absolute Gasteiger partial charge is 0.408 e. The molecule has 5 N–H and O–H groups in total. The van der Waals surface area contributed by atoms with Crippen molar-refractivity contribution in [2.45, 2.75) is 131 Å². The minimum absolute atomic E-state index is 0.0105. The van der Waals surface area contributed by atoms with Gasteiger partial charge in [-0.05, 0) is 93.2 Å². The summed E-state index contributed by atoms with van der Waals surface area (Å²) in [5.74, 6) is -1.49. The Morgan fingerprint density at radius 1 is 0.746 bits per heavy atom. The van der Waals surface area contributed by atoms with Crippen LogP contribution in [-0.2, 0) is 38.5 Å². The van der Waals surface area contributed by atoms with E-state index in [1.807, 2.05) is 139 Å². The van der Waals surface area contributed by atoms with Gasteiger partial charge in [0.15, 0.2) is 0 Å². The Morgan fingerprint density at radius 3 is 2.03 bits per heavy atom. The van der Waals surface area contributed by atoms with E-state index in [2.05, 4.69) is 31.2 Å². The van der Waals surface area contributed by atoms with Gasteiger partial charge < -0.3 is 40.9 Å². The van der Waals surface area contributed by atoms with Crippen molar-refractivity contribution in [2.24, 2.45) is 10.8 Å². The van der Waals surface area contributed by atoms with Crippen molar-refractivity contribution >= 4 is 29.8 Å². The molecule has 15 heteroatoms. The van der Waals surface area contributed by atoms with Crippen LogP contribution in [0.5, 0.6) is 0 Å². The number of alkyl carbamates (subject to hydrolysis) is 1. The zero-order chi connectivity index (χ0) is 49.1. The van der Waals surface area contributed by atoms with Crippen LogP contribution in [0.3, 0.4) is 0 Å². The van der Waals surface area contributed by atoms with E-state index in [-0.39, 0.29) is 18.9 Å². The minimum Gasteiger partial charge on any atom is -0.444 e. The molecule has 1 aliphatic heterocycles. The van der Waals surface area contributed by atoms with Crippen LogP contribution >= 0.6 is 0 Å². The molecule has 67 heavy (non-hydrogen) atoms. The Bertz CT molecular complexity index is 2290. The molecule has 1 saturated heterocycles. The second-order valence-electron chi connectivity index (χ2n) is 20.6. The molecule has 0 unspecified atom stereocenters. The maximum absolute atomic E-state index is 14.7. The number of rotatable bonds is 18. The van der Waals surface area contributed by atoms with Crippen LogP contribution in [0.1, 0.15) is 91.2 Å². The normalized spacial score (nSPS) is 15.5. The number of hydrogen-bond acceptors (Lipinski definition) is 9. The van der Waals surface area contributed by atoms with Crippen LogP contribution in [0.4, 0.5) is 9.59 Å². The van der Waals surface area contributed by atoms with Gasteiger partial charge in [0.1, 0.15) is 24.2 Å². The predicted molar refractivity (Wildman–Crippen MR) is 258 cm³/mol. The fraction of sp³-hybridized carbons (Fsp3) is 0.481. The van der Waals surface area contributed by atoms with Crippen LogP contribution < -0.4 is 21.3 Å². The number of hydrogen-bond donors (Lipinski definition) is 5. The largest absolute Gasteiger partial charge is 0.444 e. The standard InChI is InChI=1S/C52H70N8O7/c1-34-17-16-20-38(55-34)33-59-27-28-60(49(59)66)45(51(5,6)7)47(64)57-41(30-35-18-12-11-13-19-35)42(61)31-39(29-36-22-24-37(25-23-36)40-21-14-15-26-53-40)56-46(63)44(50(2,3)4)58-43(62)32-54-48(65)67-52(8,9)10/h11-26,39,41-42,44-45,61H,27-33H2,1-10H3,(H,54,65)(H,56,63)(H,57,64)(H,58,62)/t39-,41-,42-,44+,45+/m0/s1. The van der Waals surface area contributed by atoms with Gasteiger partial charge >= 0.3 is 12.1 Å². The summed E-state index contributed by atoms with van der Waals surface area (Å²) >= 11 is 0. The van der Waals surface area contributed by atoms with E-state index in [9.17, 15) is 29.1 Å². The maximum Gasteiger partial charge on any atom is 0.408 e. The van der Waals surface area contributed by atoms with Crippen molar-refractivity contribution < 1.29 is 33.8 Å². The van der Waals surface area contributed by atoms with Gasteiger partial charge in [-0.1, -0.05) is 108 Å². The molecule has 6 amide bonds. The van der Waals surface area contributed by atoms with E-state index < -0.39 is 77.1 Å². The highest BCUT2D eigenvalue weighted by molar-refractivity contribution is 5.90. The number of benzene rings is 2. The number of urea groups is 1. The molecule has 0 saturated carbocycles. The molecule has 4 aromatic rings. The Balaban J connectivity index is 1.41. The molecule has 3 heterocycles. The summed E-state index contributed by atoms with van der Waals surface area (Å²) in [6.07, 6.45) is 0.330. The summed E-state index contributed by atoms with van der Waals surface area (Å²) in [5.41, 5.74) is 2.83. The molecule has 15 nitrogen and oxygen atoms in total. The molecular weight excluding hydrogens is 849 g/mol. The van der Waals surface area contributed by atoms with Crippen molar-refractivity contribution in [3.05, 3.63) is 120 Å². The number of carbonyl (C=O) groups is 5. The molecule has 0 radical (unpaired) electrons. The molecule has 5 rings (SSSR count). The first-order valence-electron chi connectivity index (χ1n) is 23.0. The zero-order valence-electron chi connectivity index (χ0n) is 40.8. The van der Waals surface area contributed by atoms with E-state index in [0.717, 1.165) is 33.8 Å². The fourth-order valence-corrected chi connectivity index (χ4v) is 8.20. The Labute approximate surface area is 395 Å². The molecule has 2 aromatic carbocycles. The Kier molecular flexibility index (Phi) is 17.3. The first-order chi connectivity index (χ1) is 31.5. The van der Waals surface area contributed by atoms with Crippen LogP contribution in [0.25, 0.3) is 11.3 Å². The number of pyridine rings is 2. The highest BCUT2D eigenvalue weighted by Gasteiger charge is 2.44. The average Bonchev–Trinajstić information content (AvgIpc) is 3.58. The second kappa shape index (κ2) is 22.4. The molecule has 5 atom stereocenters. The first-order valence-corrected chi connectivity index (χ1v) is 23.0. The summed E-state index contributed by atoms with van der Waals surface area (Å²) in [4.78, 5) is 81.0. The van der Waals surface area contributed by atoms with E-state index in [0.29, 0.717) is 26.1 Å². The lowest BCUT2D eigenvalue weighted by molar-refractivity contribution is -0.132. The van der Waals surface area contributed by atoms with Gasteiger partial charge in [-0.2, -0.15) is 0 Å². The van der Waals surface area contributed by atoms with Gasteiger partial charge in [0.25, 0.3) is 0 Å². The number of nitrogens with one attached hydrogen (secondary N) is 4. The third kappa shape index (κ3) is 15.6. The molecule has 1 aliphatic rings. The summed E-state index contributed by atoms with van der Waals surface area (Å²) in [7, 11) is 0. The topological polar surface area (TPSA) is 195 Å². The molecule has 0 spiro atoms. The van der Waals surface area contributed by atoms with Crippen molar-refractivity contribution in [1.82, 2.24) is 41.0 Å². The number of aliphatic hydroxyl groups excluding tert-OH is 1. The number of aryl methyl sites for hydroxylation is 1. The number of nitrogens with zero attached hydrogens (tertiary/aromatic N) is 4. The minimum atomic E-state index is -1.19. The van der Waals surface area contributed by atoms with Gasteiger partial charge in [0.05, 0.1) is 30.1 Å².